The van der Waals surface area contributed by atoms with Crippen LogP contribution in [0.5, 0.6) is 0 Å². The van der Waals surface area contributed by atoms with Crippen molar-refractivity contribution in [1.82, 2.24) is 0 Å². The Labute approximate surface area is 220 Å². The molecule has 0 atom stereocenters. The molecule has 14 nitrogen and oxygen atoms in total. The highest BCUT2D eigenvalue weighted by atomic mass is 16.4. The Morgan fingerprint density at radius 2 is 0.842 bits per heavy atom. The van der Waals surface area contributed by atoms with Crippen molar-refractivity contribution >= 4 is 35.3 Å². The fourth-order valence-electron chi connectivity index (χ4n) is 1.10. The predicted octanol–water partition coefficient (Wildman–Crippen LogP) is 0.433. The number of aromatic carboxylic acids is 1. The van der Waals surface area contributed by atoms with Crippen LogP contribution in [0.4, 0.5) is 11.4 Å². The van der Waals surface area contributed by atoms with E-state index < -0.39 is 55.7 Å². The summed E-state index contributed by atoms with van der Waals surface area (Å²) in [6, 6.07) is 4.23. The van der Waals surface area contributed by atoms with E-state index in [1.807, 2.05) is 0 Å². The molecule has 0 aliphatic rings. The van der Waals surface area contributed by atoms with Crippen LogP contribution in [0.1, 0.15) is 31.1 Å². The second kappa shape index (κ2) is 22.0. The number of hydrogen-bond acceptors (Lipinski definition) is 10. The van der Waals surface area contributed by atoms with Crippen molar-refractivity contribution in [2.24, 2.45) is 5.41 Å². The first-order valence-electron chi connectivity index (χ1n) is 10.3. The highest BCUT2D eigenvalue weighted by Crippen LogP contribution is 2.13. The molecule has 14 heteroatoms. The highest BCUT2D eigenvalue weighted by molar-refractivity contribution is 5.90. The van der Waals surface area contributed by atoms with E-state index in [1.165, 1.54) is 39.0 Å². The minimum atomic E-state index is -1.11. The van der Waals surface area contributed by atoms with Crippen molar-refractivity contribution < 1.29 is 60.0 Å². The van der Waals surface area contributed by atoms with Gasteiger partial charge in [0.15, 0.2) is 0 Å². The van der Waals surface area contributed by atoms with E-state index in [0.717, 1.165) is 0 Å². The summed E-state index contributed by atoms with van der Waals surface area (Å²) in [7, 11) is 0. The van der Waals surface area contributed by atoms with Crippen LogP contribution in [0.3, 0.4) is 0 Å². The monoisotopic (exact) mass is 546 g/mol. The largest absolute Gasteiger partial charge is 0.478 e. The maximum atomic E-state index is 10.4. The van der Waals surface area contributed by atoms with Gasteiger partial charge in [-0.15, -0.1) is 0 Å². The van der Waals surface area contributed by atoms with Gasteiger partial charge in [-0.2, -0.15) is 0 Å². The average Bonchev–Trinajstić information content (AvgIpc) is 2.81. The summed E-state index contributed by atoms with van der Waals surface area (Å²) in [6.45, 7) is 12.2. The van der Waals surface area contributed by atoms with Gasteiger partial charge >= 0.3 is 23.9 Å². The Morgan fingerprint density at radius 3 is 0.947 bits per heavy atom. The zero-order valence-electron chi connectivity index (χ0n) is 21.5. The highest BCUT2D eigenvalue weighted by Gasteiger charge is 2.26. The lowest BCUT2D eigenvalue weighted by Gasteiger charge is -2.23. The number of benzene rings is 1. The second-order valence-electron chi connectivity index (χ2n) is 7.58. The van der Waals surface area contributed by atoms with E-state index in [9.17, 15) is 19.2 Å². The SMILES string of the molecule is C=C(C)C(=O)O.C=C(C)C(=O)O.C=C(C)C(=O)O.Nc1cc(N)cc(C(=O)O)c1.OCC(CO)(CO)CO. The first-order chi connectivity index (χ1) is 17.3. The maximum Gasteiger partial charge on any atom is 0.335 e. The summed E-state index contributed by atoms with van der Waals surface area (Å²) >= 11 is 0. The van der Waals surface area contributed by atoms with Gasteiger partial charge in [0, 0.05) is 28.1 Å². The minimum Gasteiger partial charge on any atom is -0.478 e. The van der Waals surface area contributed by atoms with Gasteiger partial charge in [-0.3, -0.25) is 0 Å². The van der Waals surface area contributed by atoms with Crippen LogP contribution in [0, 0.1) is 5.41 Å². The fourth-order valence-corrected chi connectivity index (χ4v) is 1.10. The number of aliphatic hydroxyl groups is 4. The summed E-state index contributed by atoms with van der Waals surface area (Å²) in [5.74, 6) is -3.83. The number of hydrogen-bond donors (Lipinski definition) is 10. The summed E-state index contributed by atoms with van der Waals surface area (Å²) in [6.07, 6.45) is 0. The lowest BCUT2D eigenvalue weighted by molar-refractivity contribution is -0.133. The van der Waals surface area contributed by atoms with Crippen molar-refractivity contribution in [3.63, 3.8) is 0 Å². The number of aliphatic carboxylic acids is 3. The first kappa shape index (κ1) is 40.9. The molecule has 0 saturated carbocycles. The third-order valence-electron chi connectivity index (χ3n) is 3.66. The van der Waals surface area contributed by atoms with Gasteiger partial charge in [0.2, 0.25) is 0 Å². The number of carboxylic acids is 4. The molecule has 0 heterocycles. The lowest BCUT2D eigenvalue weighted by atomic mass is 9.93. The first-order valence-corrected chi connectivity index (χ1v) is 10.3. The van der Waals surface area contributed by atoms with Gasteiger partial charge < -0.3 is 52.3 Å². The molecule has 1 aromatic rings. The van der Waals surface area contributed by atoms with E-state index in [4.69, 9.17) is 52.3 Å². The number of rotatable bonds is 8. The van der Waals surface area contributed by atoms with Crippen LogP contribution in [-0.4, -0.2) is 91.2 Å². The van der Waals surface area contributed by atoms with Crippen molar-refractivity contribution in [3.05, 3.63) is 60.2 Å². The molecule has 0 aliphatic heterocycles. The Morgan fingerprint density at radius 1 is 0.632 bits per heavy atom. The molecule has 0 amide bonds. The quantitative estimate of drug-likeness (QED) is 0.156. The maximum absolute atomic E-state index is 10.4. The molecule has 1 rings (SSSR count). The zero-order valence-corrected chi connectivity index (χ0v) is 21.5. The van der Waals surface area contributed by atoms with Crippen LogP contribution in [-0.2, 0) is 14.4 Å². The summed E-state index contributed by atoms with van der Waals surface area (Å²) in [4.78, 5) is 39.2. The molecule has 12 N–H and O–H groups in total. The molecule has 0 saturated heterocycles. The van der Waals surface area contributed by atoms with Crippen LogP contribution in [0.15, 0.2) is 54.7 Å². The van der Waals surface area contributed by atoms with Crippen LogP contribution >= 0.6 is 0 Å². The van der Waals surface area contributed by atoms with Gasteiger partial charge in [0.05, 0.1) is 37.4 Å². The van der Waals surface area contributed by atoms with E-state index in [1.54, 1.807) is 0 Å². The molecule has 1 aromatic carbocycles. The Hall–Kier alpha value is -4.24. The number of nitrogens with two attached hydrogens (primary N) is 2. The topological polar surface area (TPSA) is 282 Å². The number of aliphatic hydroxyl groups excluding tert-OH is 4. The average molecular weight is 547 g/mol. The normalized spacial score (nSPS) is 9.13. The van der Waals surface area contributed by atoms with Gasteiger partial charge in [0.25, 0.3) is 0 Å². The van der Waals surface area contributed by atoms with Crippen LogP contribution in [0.2, 0.25) is 0 Å². The molecule has 0 spiro atoms. The van der Waals surface area contributed by atoms with Gasteiger partial charge in [-0.25, -0.2) is 19.2 Å². The molecule has 38 heavy (non-hydrogen) atoms. The summed E-state index contributed by atoms with van der Waals surface area (Å²) in [5.41, 5.74) is 11.0. The van der Waals surface area contributed by atoms with Crippen molar-refractivity contribution in [1.29, 1.82) is 0 Å². The van der Waals surface area contributed by atoms with E-state index in [-0.39, 0.29) is 22.3 Å². The molecule has 0 aromatic heterocycles. The fraction of sp³-hybridized carbons (Fsp3) is 0.333. The Balaban J connectivity index is -0.000000196. The summed E-state index contributed by atoms with van der Waals surface area (Å²) in [5, 5.41) is 66.2. The second-order valence-corrected chi connectivity index (χ2v) is 7.58. The molecule has 0 radical (unpaired) electrons. The van der Waals surface area contributed by atoms with E-state index in [2.05, 4.69) is 19.7 Å². The molecule has 0 bridgehead atoms. The number of carbonyl (C=O) groups is 4. The smallest absolute Gasteiger partial charge is 0.335 e. The Kier molecular flexibility index (Phi) is 23.7. The van der Waals surface area contributed by atoms with E-state index >= 15 is 0 Å². The Bertz CT molecular complexity index is 823. The molecule has 0 aliphatic carbocycles. The van der Waals surface area contributed by atoms with Crippen LogP contribution in [0.25, 0.3) is 0 Å². The molecule has 0 unspecified atom stereocenters. The van der Waals surface area contributed by atoms with Gasteiger partial charge in [0.1, 0.15) is 0 Å². The van der Waals surface area contributed by atoms with Crippen molar-refractivity contribution in [3.8, 4) is 0 Å². The van der Waals surface area contributed by atoms with Gasteiger partial charge in [-0.1, -0.05) is 19.7 Å². The minimum absolute atomic E-state index is 0.113. The molecular formula is C24H38N2O12. The number of nitrogen functional groups attached to an aromatic ring is 2. The summed E-state index contributed by atoms with van der Waals surface area (Å²) < 4.78 is 0. The molecular weight excluding hydrogens is 508 g/mol. The van der Waals surface area contributed by atoms with Crippen molar-refractivity contribution in [2.45, 2.75) is 20.8 Å². The van der Waals surface area contributed by atoms with Crippen LogP contribution < -0.4 is 11.5 Å². The molecule has 0 fully saturated rings. The zero-order chi connectivity index (χ0) is 31.2. The third-order valence-corrected chi connectivity index (χ3v) is 3.66. The van der Waals surface area contributed by atoms with Crippen molar-refractivity contribution in [2.75, 3.05) is 37.9 Å². The third kappa shape index (κ3) is 23.5. The lowest BCUT2D eigenvalue weighted by Crippen LogP contribution is -2.37. The number of carboxylic acid groups (broad SMARTS) is 4. The standard InChI is InChI=1S/C7H8N2O2.C5H12O4.3C4H6O2/c8-5-1-4(7(10)11)2-6(9)3-5;6-1-5(2-7,3-8)4-9;3*1-3(2)4(5)6/h1-3H,8-9H2,(H,10,11);6-9H,1-4H2;3*1H2,2H3,(H,5,6). The van der Waals surface area contributed by atoms with Gasteiger partial charge in [-0.05, 0) is 39.0 Å². The predicted molar refractivity (Wildman–Crippen MR) is 140 cm³/mol. The molecule has 216 valence electrons. The van der Waals surface area contributed by atoms with E-state index in [0.29, 0.717) is 11.4 Å². The number of anilines is 2.